The summed E-state index contributed by atoms with van der Waals surface area (Å²) in [5.74, 6) is -8.05. The first-order valence-electron chi connectivity index (χ1n) is 12.8. The molecule has 0 saturated carbocycles. The molecule has 5 aromatic rings. The number of ketones is 1. The molecular weight excluding hydrogens is 570 g/mol. The van der Waals surface area contributed by atoms with Gasteiger partial charge in [0.15, 0.2) is 29.1 Å². The zero-order chi connectivity index (χ0) is 30.7. The van der Waals surface area contributed by atoms with E-state index in [9.17, 15) is 9.59 Å². The minimum Gasteiger partial charge on any atom is -0.497 e. The number of ether oxygens (including phenoxy) is 3. The van der Waals surface area contributed by atoms with E-state index in [1.807, 2.05) is 5.32 Å². The van der Waals surface area contributed by atoms with E-state index < -0.39 is 40.4 Å². The summed E-state index contributed by atoms with van der Waals surface area (Å²) in [4.78, 5) is 24.6. The van der Waals surface area contributed by atoms with Crippen molar-refractivity contribution in [3.8, 4) is 28.5 Å². The van der Waals surface area contributed by atoms with E-state index in [-0.39, 0.29) is 47.3 Å². The summed E-state index contributed by atoms with van der Waals surface area (Å²) in [6, 6.07) is 16.7. The van der Waals surface area contributed by atoms with Crippen LogP contribution in [0.2, 0.25) is 0 Å². The van der Waals surface area contributed by atoms with Gasteiger partial charge in [0.05, 0.1) is 18.2 Å². The predicted octanol–water partition coefficient (Wildman–Crippen LogP) is 6.37. The topological polar surface area (TPSA) is 91.2 Å². The molecule has 0 radical (unpaired) electrons. The molecule has 0 atom stereocenters. The van der Waals surface area contributed by atoms with Crippen molar-refractivity contribution in [2.75, 3.05) is 19.0 Å². The molecule has 0 aliphatic rings. The zero-order valence-corrected chi connectivity index (χ0v) is 22.8. The largest absolute Gasteiger partial charge is 0.497 e. The molecule has 0 fully saturated rings. The molecule has 2 heterocycles. The second-order valence-electron chi connectivity index (χ2n) is 9.33. The molecule has 0 saturated heterocycles. The number of carbonyl (C=O) groups is 2. The van der Waals surface area contributed by atoms with E-state index in [0.717, 1.165) is 6.07 Å². The highest BCUT2D eigenvalue weighted by Crippen LogP contribution is 2.36. The SMILES string of the molecule is COc1ccc(COc2nn3ccccc3c2C(=O)Nc2c(F)c(F)c(-c3cccc(OCC(C)=O)c3)c(F)c2F)cc1. The van der Waals surface area contributed by atoms with Crippen LogP contribution in [0.4, 0.5) is 23.2 Å². The molecular formula is C31H23F4N3O5. The first-order chi connectivity index (χ1) is 20.7. The molecule has 3 aromatic carbocycles. The number of anilines is 1. The second-order valence-corrected chi connectivity index (χ2v) is 9.33. The standard InChI is InChI=1S/C31H23F4N3O5/c1-17(39)15-42-21-7-5-6-19(14-21)23-25(32)27(34)29(28(35)26(23)33)36-30(40)24-22-8-3-4-13-38(22)37-31(24)43-16-18-9-11-20(41-2)12-10-18/h3-14H,15-16H2,1-2H3,(H,36,40). The van der Waals surface area contributed by atoms with Crippen LogP contribution < -0.4 is 19.5 Å². The third kappa shape index (κ3) is 5.98. The molecule has 0 aliphatic carbocycles. The molecule has 43 heavy (non-hydrogen) atoms. The number of methoxy groups -OCH3 is 1. The molecule has 0 aliphatic heterocycles. The summed E-state index contributed by atoms with van der Waals surface area (Å²) in [7, 11) is 1.52. The maximum atomic E-state index is 15.3. The van der Waals surface area contributed by atoms with Crippen LogP contribution in [0.1, 0.15) is 22.8 Å². The van der Waals surface area contributed by atoms with Gasteiger partial charge in [-0.2, -0.15) is 0 Å². The summed E-state index contributed by atoms with van der Waals surface area (Å²) in [6.45, 7) is 0.950. The van der Waals surface area contributed by atoms with Crippen molar-refractivity contribution in [2.45, 2.75) is 13.5 Å². The lowest BCUT2D eigenvalue weighted by molar-refractivity contribution is -0.118. The van der Waals surface area contributed by atoms with Crippen LogP contribution in [0.3, 0.4) is 0 Å². The van der Waals surface area contributed by atoms with Crippen LogP contribution >= 0.6 is 0 Å². The fourth-order valence-corrected chi connectivity index (χ4v) is 4.26. The number of fused-ring (bicyclic) bond motifs is 1. The van der Waals surface area contributed by atoms with Crippen LogP contribution in [0, 0.1) is 23.3 Å². The summed E-state index contributed by atoms with van der Waals surface area (Å²) < 4.78 is 78.4. The quantitative estimate of drug-likeness (QED) is 0.150. The number of nitrogens with zero attached hydrogens (tertiary/aromatic N) is 2. The molecule has 1 N–H and O–H groups in total. The highest BCUT2D eigenvalue weighted by atomic mass is 19.2. The van der Waals surface area contributed by atoms with Gasteiger partial charge in [-0.1, -0.05) is 30.3 Å². The Morgan fingerprint density at radius 3 is 2.26 bits per heavy atom. The highest BCUT2D eigenvalue weighted by molar-refractivity contribution is 6.11. The summed E-state index contributed by atoms with van der Waals surface area (Å²) in [5.41, 5.74) is -1.89. The van der Waals surface area contributed by atoms with Crippen molar-refractivity contribution < 1.29 is 41.4 Å². The Labute approximate surface area is 242 Å². The average Bonchev–Trinajstić information content (AvgIpc) is 3.39. The van der Waals surface area contributed by atoms with E-state index in [2.05, 4.69) is 5.10 Å². The Kier molecular flexibility index (Phi) is 8.28. The van der Waals surface area contributed by atoms with Crippen molar-refractivity contribution in [3.05, 3.63) is 107 Å². The van der Waals surface area contributed by atoms with Gasteiger partial charge >= 0.3 is 0 Å². The van der Waals surface area contributed by atoms with Crippen molar-refractivity contribution in [1.29, 1.82) is 0 Å². The summed E-state index contributed by atoms with van der Waals surface area (Å²) >= 11 is 0. The van der Waals surface area contributed by atoms with Crippen LogP contribution in [0.15, 0.2) is 72.9 Å². The number of hydrogen-bond acceptors (Lipinski definition) is 6. The second kappa shape index (κ2) is 12.2. The molecule has 1 amide bonds. The zero-order valence-electron chi connectivity index (χ0n) is 22.8. The van der Waals surface area contributed by atoms with E-state index in [4.69, 9.17) is 14.2 Å². The van der Waals surface area contributed by atoms with Gasteiger partial charge in [-0.3, -0.25) is 9.59 Å². The van der Waals surface area contributed by atoms with Crippen LogP contribution in [-0.4, -0.2) is 35.0 Å². The number of rotatable bonds is 10. The Hall–Kier alpha value is -5.39. The third-order valence-corrected chi connectivity index (χ3v) is 6.34. The van der Waals surface area contributed by atoms with Crippen LogP contribution in [0.25, 0.3) is 16.6 Å². The Balaban J connectivity index is 1.47. The van der Waals surface area contributed by atoms with E-state index >= 15 is 17.6 Å². The number of pyridine rings is 1. The number of aromatic nitrogens is 2. The fraction of sp³-hybridized carbons (Fsp3) is 0.129. The van der Waals surface area contributed by atoms with E-state index in [1.165, 1.54) is 49.0 Å². The smallest absolute Gasteiger partial charge is 0.263 e. The molecule has 0 spiro atoms. The van der Waals surface area contributed by atoms with Crippen molar-refractivity contribution in [1.82, 2.24) is 9.61 Å². The molecule has 5 rings (SSSR count). The number of halogens is 4. The van der Waals surface area contributed by atoms with Crippen LogP contribution in [-0.2, 0) is 11.4 Å². The lowest BCUT2D eigenvalue weighted by Crippen LogP contribution is -2.17. The van der Waals surface area contributed by atoms with Crippen molar-refractivity contribution >= 4 is 22.9 Å². The first-order valence-corrected chi connectivity index (χ1v) is 12.8. The number of Topliss-reactive ketones (excluding diaryl/α,β-unsaturated/α-hetero) is 1. The van der Waals surface area contributed by atoms with Gasteiger partial charge in [-0.15, -0.1) is 5.10 Å². The fourth-order valence-electron chi connectivity index (χ4n) is 4.26. The molecule has 8 nitrogen and oxygen atoms in total. The summed E-state index contributed by atoms with van der Waals surface area (Å²) in [5, 5.41) is 6.18. The summed E-state index contributed by atoms with van der Waals surface area (Å²) in [6.07, 6.45) is 1.52. The Bertz CT molecular complexity index is 1810. The first kappa shape index (κ1) is 29.1. The third-order valence-electron chi connectivity index (χ3n) is 6.34. The minimum atomic E-state index is -1.82. The van der Waals surface area contributed by atoms with Crippen molar-refractivity contribution in [3.63, 3.8) is 0 Å². The minimum absolute atomic E-state index is 0.0238. The Morgan fingerprint density at radius 2 is 1.58 bits per heavy atom. The predicted molar refractivity (Wildman–Crippen MR) is 148 cm³/mol. The van der Waals surface area contributed by atoms with Gasteiger partial charge in [0.25, 0.3) is 5.91 Å². The van der Waals surface area contributed by atoms with E-state index in [0.29, 0.717) is 11.3 Å². The lowest BCUT2D eigenvalue weighted by atomic mass is 10.0. The molecule has 0 unspecified atom stereocenters. The van der Waals surface area contributed by atoms with E-state index in [1.54, 1.807) is 36.4 Å². The van der Waals surface area contributed by atoms with Gasteiger partial charge in [0, 0.05) is 6.20 Å². The normalized spacial score (nSPS) is 10.9. The molecule has 2 aromatic heterocycles. The number of amides is 1. The van der Waals surface area contributed by atoms with Gasteiger partial charge < -0.3 is 19.5 Å². The Morgan fingerprint density at radius 1 is 0.860 bits per heavy atom. The number of hydrogen-bond donors (Lipinski definition) is 1. The van der Waals surface area contributed by atoms with Gasteiger partial charge in [-0.25, -0.2) is 22.1 Å². The number of carbonyl (C=O) groups excluding carboxylic acids is 2. The molecule has 0 bridgehead atoms. The number of nitrogens with one attached hydrogen (secondary N) is 1. The molecule has 220 valence electrons. The average molecular weight is 594 g/mol. The van der Waals surface area contributed by atoms with Crippen LogP contribution in [0.5, 0.6) is 17.4 Å². The van der Waals surface area contributed by atoms with Gasteiger partial charge in [0.2, 0.25) is 5.88 Å². The monoisotopic (exact) mass is 593 g/mol. The number of benzene rings is 3. The highest BCUT2D eigenvalue weighted by Gasteiger charge is 2.30. The molecule has 12 heteroatoms. The maximum Gasteiger partial charge on any atom is 0.263 e. The van der Waals surface area contributed by atoms with Gasteiger partial charge in [0.1, 0.15) is 36.0 Å². The van der Waals surface area contributed by atoms with Gasteiger partial charge in [-0.05, 0) is 54.4 Å². The lowest BCUT2D eigenvalue weighted by Gasteiger charge is -2.14. The van der Waals surface area contributed by atoms with Crippen molar-refractivity contribution in [2.24, 2.45) is 0 Å². The maximum absolute atomic E-state index is 15.3.